The van der Waals surface area contributed by atoms with Gasteiger partial charge in [-0.25, -0.2) is 0 Å². The fraction of sp³-hybridized carbons (Fsp3) is 0.929. The van der Waals surface area contributed by atoms with Crippen LogP contribution < -0.4 is 0 Å². The first kappa shape index (κ1) is 13.5. The van der Waals surface area contributed by atoms with Crippen molar-refractivity contribution in [2.24, 2.45) is 11.3 Å². The van der Waals surface area contributed by atoms with Crippen LogP contribution in [0.4, 0.5) is 0 Å². The van der Waals surface area contributed by atoms with Crippen molar-refractivity contribution in [1.82, 2.24) is 4.90 Å². The van der Waals surface area contributed by atoms with Crippen LogP contribution in [0, 0.1) is 22.7 Å². The highest BCUT2D eigenvalue weighted by Gasteiger charge is 2.35. The molecule has 0 spiro atoms. The minimum Gasteiger partial charge on any atom is -0.303 e. The molecule has 1 rings (SSSR count). The van der Waals surface area contributed by atoms with Gasteiger partial charge in [0.2, 0.25) is 0 Å². The Hall–Kier alpha value is -0.550. The zero-order valence-corrected chi connectivity index (χ0v) is 11.1. The van der Waals surface area contributed by atoms with Crippen LogP contribution in [0.1, 0.15) is 52.9 Å². The third-order valence-corrected chi connectivity index (χ3v) is 3.95. The van der Waals surface area contributed by atoms with Crippen LogP contribution in [0.5, 0.6) is 0 Å². The molecular weight excluding hydrogens is 196 g/mol. The summed E-state index contributed by atoms with van der Waals surface area (Å²) in [6, 6.07) is 2.34. The fourth-order valence-corrected chi connectivity index (χ4v) is 2.78. The van der Waals surface area contributed by atoms with Crippen LogP contribution in [0.3, 0.4) is 0 Å². The Bertz CT molecular complexity index is 240. The van der Waals surface area contributed by atoms with Crippen molar-refractivity contribution in [2.75, 3.05) is 19.6 Å². The maximum absolute atomic E-state index is 8.83. The number of nitrogens with zero attached hydrogens (tertiary/aromatic N) is 2. The smallest absolute Gasteiger partial charge is 0.0624 e. The lowest BCUT2D eigenvalue weighted by Gasteiger charge is -2.43. The number of hydrogen-bond donors (Lipinski definition) is 0. The largest absolute Gasteiger partial charge is 0.303 e. The van der Waals surface area contributed by atoms with Gasteiger partial charge in [-0.2, -0.15) is 5.26 Å². The van der Waals surface area contributed by atoms with E-state index in [9.17, 15) is 0 Å². The standard InChI is InChI=1S/C14H26N2/c1-4-5-6-10-16-11-8-13(7-9-15)14(2,3)12-16/h13H,4-8,10-12H2,1-3H3. The van der Waals surface area contributed by atoms with E-state index in [-0.39, 0.29) is 0 Å². The Labute approximate surface area is 101 Å². The molecule has 0 radical (unpaired) electrons. The van der Waals surface area contributed by atoms with Crippen molar-refractivity contribution in [3.63, 3.8) is 0 Å². The monoisotopic (exact) mass is 222 g/mol. The third-order valence-electron chi connectivity index (χ3n) is 3.95. The summed E-state index contributed by atoms with van der Waals surface area (Å²) in [5.41, 5.74) is 0.320. The molecule has 0 aromatic heterocycles. The molecule has 2 nitrogen and oxygen atoms in total. The van der Waals surface area contributed by atoms with Crippen LogP contribution in [-0.2, 0) is 0 Å². The second-order valence-electron chi connectivity index (χ2n) is 5.82. The Kier molecular flexibility index (Phi) is 5.28. The highest BCUT2D eigenvalue weighted by Crippen LogP contribution is 2.36. The lowest BCUT2D eigenvalue weighted by atomic mass is 9.72. The molecule has 1 saturated heterocycles. The van der Waals surface area contributed by atoms with Gasteiger partial charge in [-0.3, -0.25) is 0 Å². The van der Waals surface area contributed by atoms with Gasteiger partial charge in [0.25, 0.3) is 0 Å². The van der Waals surface area contributed by atoms with Crippen LogP contribution >= 0.6 is 0 Å². The molecule has 0 aliphatic carbocycles. The van der Waals surface area contributed by atoms with Crippen LogP contribution in [-0.4, -0.2) is 24.5 Å². The van der Waals surface area contributed by atoms with Gasteiger partial charge in [-0.1, -0.05) is 33.6 Å². The Balaban J connectivity index is 2.38. The summed E-state index contributed by atoms with van der Waals surface area (Å²) >= 11 is 0. The van der Waals surface area contributed by atoms with Crippen molar-refractivity contribution in [2.45, 2.75) is 52.9 Å². The SMILES string of the molecule is CCCCCN1CCC(CC#N)C(C)(C)C1. The molecule has 0 amide bonds. The maximum atomic E-state index is 8.83. The Morgan fingerprint density at radius 2 is 2.12 bits per heavy atom. The van der Waals surface area contributed by atoms with E-state index >= 15 is 0 Å². The number of piperidine rings is 1. The van der Waals surface area contributed by atoms with E-state index in [2.05, 4.69) is 31.7 Å². The molecule has 1 atom stereocenters. The molecule has 0 aromatic carbocycles. The average molecular weight is 222 g/mol. The molecule has 0 bridgehead atoms. The summed E-state index contributed by atoms with van der Waals surface area (Å²) in [5.74, 6) is 0.597. The molecular formula is C14H26N2. The zero-order chi connectivity index (χ0) is 12.0. The highest BCUT2D eigenvalue weighted by molar-refractivity contribution is 4.91. The van der Waals surface area contributed by atoms with Gasteiger partial charge in [0.15, 0.2) is 0 Å². The van der Waals surface area contributed by atoms with E-state index in [4.69, 9.17) is 5.26 Å². The first-order chi connectivity index (χ1) is 7.60. The topological polar surface area (TPSA) is 27.0 Å². The van der Waals surface area contributed by atoms with Crippen molar-refractivity contribution in [3.8, 4) is 6.07 Å². The summed E-state index contributed by atoms with van der Waals surface area (Å²) in [4.78, 5) is 2.59. The molecule has 1 aliphatic heterocycles. The van der Waals surface area contributed by atoms with E-state index in [0.717, 1.165) is 6.42 Å². The number of nitriles is 1. The Morgan fingerprint density at radius 1 is 1.38 bits per heavy atom. The van der Waals surface area contributed by atoms with Gasteiger partial charge in [0, 0.05) is 13.0 Å². The quantitative estimate of drug-likeness (QED) is 0.666. The lowest BCUT2D eigenvalue weighted by molar-refractivity contribution is 0.0565. The van der Waals surface area contributed by atoms with Crippen LogP contribution in [0.2, 0.25) is 0 Å². The van der Waals surface area contributed by atoms with E-state index < -0.39 is 0 Å². The normalized spacial score (nSPS) is 25.2. The average Bonchev–Trinajstić information content (AvgIpc) is 2.22. The van der Waals surface area contributed by atoms with Gasteiger partial charge in [0.05, 0.1) is 6.07 Å². The van der Waals surface area contributed by atoms with Crippen molar-refractivity contribution < 1.29 is 0 Å². The van der Waals surface area contributed by atoms with Crippen molar-refractivity contribution in [1.29, 1.82) is 5.26 Å². The number of hydrogen-bond acceptors (Lipinski definition) is 2. The molecule has 1 heterocycles. The number of rotatable bonds is 5. The maximum Gasteiger partial charge on any atom is 0.0624 e. The Morgan fingerprint density at radius 3 is 2.69 bits per heavy atom. The van der Waals surface area contributed by atoms with E-state index in [1.165, 1.54) is 45.3 Å². The first-order valence-electron chi connectivity index (χ1n) is 6.69. The third kappa shape index (κ3) is 3.79. The van der Waals surface area contributed by atoms with Crippen LogP contribution in [0.25, 0.3) is 0 Å². The van der Waals surface area contributed by atoms with Crippen molar-refractivity contribution in [3.05, 3.63) is 0 Å². The molecule has 0 aromatic rings. The molecule has 1 unspecified atom stereocenters. The van der Waals surface area contributed by atoms with Crippen molar-refractivity contribution >= 4 is 0 Å². The van der Waals surface area contributed by atoms with E-state index in [1.54, 1.807) is 0 Å². The van der Waals surface area contributed by atoms with Gasteiger partial charge < -0.3 is 4.90 Å². The van der Waals surface area contributed by atoms with Gasteiger partial charge in [0.1, 0.15) is 0 Å². The lowest BCUT2D eigenvalue weighted by Crippen LogP contribution is -2.45. The summed E-state index contributed by atoms with van der Waals surface area (Å²) in [6.07, 6.45) is 5.91. The first-order valence-corrected chi connectivity index (χ1v) is 6.69. The van der Waals surface area contributed by atoms with Gasteiger partial charge >= 0.3 is 0 Å². The van der Waals surface area contributed by atoms with Gasteiger partial charge in [-0.15, -0.1) is 0 Å². The second-order valence-corrected chi connectivity index (χ2v) is 5.82. The molecule has 0 saturated carbocycles. The zero-order valence-electron chi connectivity index (χ0n) is 11.1. The minimum atomic E-state index is 0.320. The number of likely N-dealkylation sites (tertiary alicyclic amines) is 1. The summed E-state index contributed by atoms with van der Waals surface area (Å²) in [7, 11) is 0. The summed E-state index contributed by atoms with van der Waals surface area (Å²) < 4.78 is 0. The molecule has 16 heavy (non-hydrogen) atoms. The minimum absolute atomic E-state index is 0.320. The molecule has 0 N–H and O–H groups in total. The molecule has 1 fully saturated rings. The van der Waals surface area contributed by atoms with Crippen LogP contribution in [0.15, 0.2) is 0 Å². The molecule has 2 heteroatoms. The predicted molar refractivity (Wildman–Crippen MR) is 68.1 cm³/mol. The summed E-state index contributed by atoms with van der Waals surface area (Å²) in [5, 5.41) is 8.83. The molecule has 1 aliphatic rings. The summed E-state index contributed by atoms with van der Waals surface area (Å²) in [6.45, 7) is 10.5. The predicted octanol–water partition coefficient (Wildman–Crippen LogP) is 3.44. The van der Waals surface area contributed by atoms with Gasteiger partial charge in [-0.05, 0) is 37.3 Å². The van der Waals surface area contributed by atoms with E-state index in [1.807, 2.05) is 0 Å². The second kappa shape index (κ2) is 6.25. The van der Waals surface area contributed by atoms with E-state index in [0.29, 0.717) is 11.3 Å². The molecule has 92 valence electrons. The number of unbranched alkanes of at least 4 members (excludes halogenated alkanes) is 2. The highest BCUT2D eigenvalue weighted by atomic mass is 15.1. The fourth-order valence-electron chi connectivity index (χ4n) is 2.78.